The van der Waals surface area contributed by atoms with Gasteiger partial charge >= 0.3 is 0 Å². The maximum absolute atomic E-state index is 12.2. The fraction of sp³-hybridized carbons (Fsp3) is 0.412. The van der Waals surface area contributed by atoms with E-state index in [1.807, 2.05) is 24.3 Å². The van der Waals surface area contributed by atoms with Gasteiger partial charge in [-0.25, -0.2) is 0 Å². The van der Waals surface area contributed by atoms with E-state index in [4.69, 9.17) is 4.74 Å². The summed E-state index contributed by atoms with van der Waals surface area (Å²) < 4.78 is 6.32. The zero-order chi connectivity index (χ0) is 16.2. The summed E-state index contributed by atoms with van der Waals surface area (Å²) in [5.41, 5.74) is 0.880. The van der Waals surface area contributed by atoms with Crippen LogP contribution in [0.5, 0.6) is 5.75 Å². The van der Waals surface area contributed by atoms with Gasteiger partial charge in [0.05, 0.1) is 12.0 Å². The Bertz CT molecular complexity index is 665. The summed E-state index contributed by atoms with van der Waals surface area (Å²) in [5, 5.41) is 0.845. The van der Waals surface area contributed by atoms with Gasteiger partial charge in [-0.2, -0.15) is 4.99 Å². The van der Waals surface area contributed by atoms with E-state index in [1.165, 1.54) is 37.4 Å². The predicted octanol–water partition coefficient (Wildman–Crippen LogP) is 4.30. The van der Waals surface area contributed by atoms with Crippen LogP contribution in [0.2, 0.25) is 0 Å². The summed E-state index contributed by atoms with van der Waals surface area (Å²) in [6.45, 7) is 1.99. The molecule has 3 rings (SSSR count). The first-order valence-corrected chi connectivity index (χ1v) is 9.39. The quantitative estimate of drug-likeness (QED) is 0.701. The molecule has 2 aliphatic heterocycles. The summed E-state index contributed by atoms with van der Waals surface area (Å²) in [4.78, 5) is 19.4. The Labute approximate surface area is 149 Å². The van der Waals surface area contributed by atoms with Gasteiger partial charge in [0.2, 0.25) is 0 Å². The summed E-state index contributed by atoms with van der Waals surface area (Å²) in [6, 6.07) is 5.75. The molecule has 0 aromatic heterocycles. The molecule has 4 nitrogen and oxygen atoms in total. The van der Waals surface area contributed by atoms with Crippen LogP contribution >= 0.6 is 27.7 Å². The molecule has 23 heavy (non-hydrogen) atoms. The molecule has 0 aliphatic carbocycles. The SMILES string of the molecule is COc1ccc(Br)cc1C=C1SC(N2CCCCCC2)=NC1=O. The molecule has 0 atom stereocenters. The Balaban J connectivity index is 1.80. The second-order valence-corrected chi connectivity index (χ2v) is 7.52. The number of nitrogens with zero attached hydrogens (tertiary/aromatic N) is 2. The molecule has 122 valence electrons. The number of carbonyl (C=O) groups is 1. The van der Waals surface area contributed by atoms with Gasteiger partial charge in [-0.05, 0) is 48.9 Å². The number of hydrogen-bond donors (Lipinski definition) is 0. The van der Waals surface area contributed by atoms with Crippen LogP contribution in [0.25, 0.3) is 6.08 Å². The second kappa shape index (κ2) is 7.53. The van der Waals surface area contributed by atoms with Crippen molar-refractivity contribution in [2.24, 2.45) is 4.99 Å². The number of halogens is 1. The monoisotopic (exact) mass is 394 g/mol. The Kier molecular flexibility index (Phi) is 5.43. The van der Waals surface area contributed by atoms with Crippen molar-refractivity contribution < 1.29 is 9.53 Å². The van der Waals surface area contributed by atoms with E-state index >= 15 is 0 Å². The number of carbonyl (C=O) groups excluding carboxylic acids is 1. The molecule has 0 saturated carbocycles. The van der Waals surface area contributed by atoms with Gasteiger partial charge in [-0.1, -0.05) is 28.8 Å². The lowest BCUT2D eigenvalue weighted by Gasteiger charge is -2.20. The number of methoxy groups -OCH3 is 1. The number of aliphatic imine (C=N–C) groups is 1. The van der Waals surface area contributed by atoms with Gasteiger partial charge in [-0.15, -0.1) is 0 Å². The van der Waals surface area contributed by atoms with Crippen molar-refractivity contribution in [2.45, 2.75) is 25.7 Å². The van der Waals surface area contributed by atoms with Crippen LogP contribution in [0.3, 0.4) is 0 Å². The molecule has 1 fully saturated rings. The smallest absolute Gasteiger partial charge is 0.286 e. The fourth-order valence-electron chi connectivity index (χ4n) is 2.75. The van der Waals surface area contributed by atoms with Gasteiger partial charge in [0.15, 0.2) is 5.17 Å². The highest BCUT2D eigenvalue weighted by Crippen LogP contribution is 2.34. The summed E-state index contributed by atoms with van der Waals surface area (Å²) in [7, 11) is 1.63. The van der Waals surface area contributed by atoms with Crippen molar-refractivity contribution in [3.8, 4) is 5.75 Å². The average Bonchev–Trinajstić information content (AvgIpc) is 2.76. The van der Waals surface area contributed by atoms with Gasteiger partial charge in [0, 0.05) is 23.1 Å². The zero-order valence-corrected chi connectivity index (χ0v) is 15.5. The fourth-order valence-corrected chi connectivity index (χ4v) is 4.09. The Morgan fingerprint density at radius 1 is 1.26 bits per heavy atom. The predicted molar refractivity (Wildman–Crippen MR) is 98.7 cm³/mol. The first-order valence-electron chi connectivity index (χ1n) is 7.78. The number of likely N-dealkylation sites (tertiary alicyclic amines) is 1. The molecule has 0 radical (unpaired) electrons. The van der Waals surface area contributed by atoms with E-state index in [9.17, 15) is 4.79 Å². The van der Waals surface area contributed by atoms with E-state index in [1.54, 1.807) is 7.11 Å². The Hall–Kier alpha value is -1.27. The van der Waals surface area contributed by atoms with Crippen LogP contribution < -0.4 is 4.74 Å². The highest BCUT2D eigenvalue weighted by atomic mass is 79.9. The van der Waals surface area contributed by atoms with Crippen molar-refractivity contribution in [1.82, 2.24) is 4.90 Å². The lowest BCUT2D eigenvalue weighted by Crippen LogP contribution is -2.28. The van der Waals surface area contributed by atoms with Gasteiger partial charge in [0.25, 0.3) is 5.91 Å². The molecule has 1 saturated heterocycles. The van der Waals surface area contributed by atoms with Crippen LogP contribution in [-0.4, -0.2) is 36.2 Å². The minimum Gasteiger partial charge on any atom is -0.496 e. The van der Waals surface area contributed by atoms with Crippen LogP contribution in [0.1, 0.15) is 31.2 Å². The third kappa shape index (κ3) is 3.98. The third-order valence-electron chi connectivity index (χ3n) is 3.96. The molecule has 1 amide bonds. The first kappa shape index (κ1) is 16.6. The largest absolute Gasteiger partial charge is 0.496 e. The Morgan fingerprint density at radius 3 is 2.70 bits per heavy atom. The molecular formula is C17H19BrN2O2S. The maximum atomic E-state index is 12.2. The number of amides is 1. The van der Waals surface area contributed by atoms with Crippen LogP contribution in [0, 0.1) is 0 Å². The van der Waals surface area contributed by atoms with E-state index in [-0.39, 0.29) is 5.91 Å². The van der Waals surface area contributed by atoms with Crippen molar-refractivity contribution in [3.05, 3.63) is 33.1 Å². The Morgan fingerprint density at radius 2 is 2.00 bits per heavy atom. The zero-order valence-electron chi connectivity index (χ0n) is 13.0. The maximum Gasteiger partial charge on any atom is 0.286 e. The second-order valence-electron chi connectivity index (χ2n) is 5.60. The molecule has 6 heteroatoms. The van der Waals surface area contributed by atoms with Crippen molar-refractivity contribution in [2.75, 3.05) is 20.2 Å². The molecule has 2 aliphatic rings. The molecule has 0 unspecified atom stereocenters. The lowest BCUT2D eigenvalue weighted by molar-refractivity contribution is -0.113. The minimum atomic E-state index is -0.156. The van der Waals surface area contributed by atoms with Crippen molar-refractivity contribution >= 4 is 44.8 Å². The average molecular weight is 395 g/mol. The number of benzene rings is 1. The molecular weight excluding hydrogens is 376 g/mol. The standard InChI is InChI=1S/C17H19BrN2O2S/c1-22-14-7-6-13(18)10-12(14)11-15-16(21)19-17(23-15)20-8-4-2-3-5-9-20/h6-7,10-11H,2-5,8-9H2,1H3. The van der Waals surface area contributed by atoms with Gasteiger partial charge in [-0.3, -0.25) is 4.79 Å². The lowest BCUT2D eigenvalue weighted by atomic mass is 10.2. The van der Waals surface area contributed by atoms with Crippen molar-refractivity contribution in [1.29, 1.82) is 0 Å². The number of rotatable bonds is 2. The first-order chi connectivity index (χ1) is 11.2. The van der Waals surface area contributed by atoms with Gasteiger partial charge in [0.1, 0.15) is 5.75 Å². The molecule has 1 aromatic carbocycles. The summed E-state index contributed by atoms with van der Waals surface area (Å²) in [5.74, 6) is 0.591. The number of ether oxygens (including phenoxy) is 1. The number of hydrogen-bond acceptors (Lipinski definition) is 4. The molecule has 1 aromatic rings. The van der Waals surface area contributed by atoms with E-state index < -0.39 is 0 Å². The van der Waals surface area contributed by atoms with Crippen molar-refractivity contribution in [3.63, 3.8) is 0 Å². The molecule has 0 spiro atoms. The minimum absolute atomic E-state index is 0.156. The molecule has 0 N–H and O–H groups in total. The number of thioether (sulfide) groups is 1. The van der Waals surface area contributed by atoms with Gasteiger partial charge < -0.3 is 9.64 Å². The third-order valence-corrected chi connectivity index (χ3v) is 5.50. The van der Waals surface area contributed by atoms with Crippen LogP contribution in [0.4, 0.5) is 0 Å². The summed E-state index contributed by atoms with van der Waals surface area (Å²) >= 11 is 4.93. The summed E-state index contributed by atoms with van der Waals surface area (Å²) in [6.07, 6.45) is 6.74. The van der Waals surface area contributed by atoms with Crippen LogP contribution in [-0.2, 0) is 4.79 Å². The molecule has 0 bridgehead atoms. The molecule has 2 heterocycles. The van der Waals surface area contributed by atoms with E-state index in [0.29, 0.717) is 4.91 Å². The normalized spacial score (nSPS) is 20.6. The van der Waals surface area contributed by atoms with Crippen LogP contribution in [0.15, 0.2) is 32.6 Å². The number of amidine groups is 1. The highest BCUT2D eigenvalue weighted by molar-refractivity contribution is 9.10. The topological polar surface area (TPSA) is 41.9 Å². The highest BCUT2D eigenvalue weighted by Gasteiger charge is 2.26. The van der Waals surface area contributed by atoms with E-state index in [2.05, 4.69) is 25.8 Å². The van der Waals surface area contributed by atoms with E-state index in [0.717, 1.165) is 34.0 Å².